The van der Waals surface area contributed by atoms with E-state index in [1.165, 1.54) is 0 Å². The summed E-state index contributed by atoms with van der Waals surface area (Å²) in [4.78, 5) is 39.4. The lowest BCUT2D eigenvalue weighted by molar-refractivity contribution is -0.130. The van der Waals surface area contributed by atoms with E-state index in [-0.39, 0.29) is 36.1 Å². The number of nitriles is 1. The first-order valence-corrected chi connectivity index (χ1v) is 14.7. The molecule has 0 spiro atoms. The van der Waals surface area contributed by atoms with Gasteiger partial charge in [-0.3, -0.25) is 14.4 Å². The maximum absolute atomic E-state index is 13.0. The van der Waals surface area contributed by atoms with Crippen LogP contribution in [0, 0.1) is 22.7 Å². The summed E-state index contributed by atoms with van der Waals surface area (Å²) in [6.45, 7) is 6.47. The van der Waals surface area contributed by atoms with Crippen LogP contribution in [-0.4, -0.2) is 67.7 Å². The molecule has 43 heavy (non-hydrogen) atoms. The first-order valence-electron chi connectivity index (χ1n) is 14.7. The molecule has 0 radical (unpaired) electrons. The number of amidine groups is 1. The van der Waals surface area contributed by atoms with Gasteiger partial charge in [-0.15, -0.1) is 0 Å². The second-order valence-corrected chi connectivity index (χ2v) is 11.4. The minimum atomic E-state index is -0.882. The summed E-state index contributed by atoms with van der Waals surface area (Å²) < 4.78 is 0. The van der Waals surface area contributed by atoms with Gasteiger partial charge in [-0.05, 0) is 74.8 Å². The van der Waals surface area contributed by atoms with Crippen LogP contribution in [0.1, 0.15) is 61.5 Å². The third-order valence-corrected chi connectivity index (χ3v) is 8.48. The van der Waals surface area contributed by atoms with E-state index < -0.39 is 17.4 Å². The number of likely N-dealkylation sites (tertiary alicyclic amines) is 1. The fourth-order valence-electron chi connectivity index (χ4n) is 6.16. The molecule has 2 aliphatic rings. The highest BCUT2D eigenvalue weighted by atomic mass is 16.2. The molecule has 1 aliphatic carbocycles. The second-order valence-electron chi connectivity index (χ2n) is 11.4. The van der Waals surface area contributed by atoms with Gasteiger partial charge in [0.05, 0.1) is 23.9 Å². The Balaban J connectivity index is 2.07. The third kappa shape index (κ3) is 7.60. The fraction of sp³-hybridized carbons (Fsp3) is 0.516. The summed E-state index contributed by atoms with van der Waals surface area (Å²) in [6, 6.07) is 7.26. The number of hydrogen-bond donors (Lipinski definition) is 6. The van der Waals surface area contributed by atoms with Gasteiger partial charge in [0.2, 0.25) is 11.8 Å². The lowest BCUT2D eigenvalue weighted by atomic mass is 9.69. The van der Waals surface area contributed by atoms with Crippen LogP contribution >= 0.6 is 0 Å². The van der Waals surface area contributed by atoms with E-state index in [0.717, 1.165) is 28.7 Å². The number of nitrogens with one attached hydrogen (secondary N) is 4. The lowest BCUT2D eigenvalue weighted by Crippen LogP contribution is -2.48. The molecular formula is C31H45N9O3. The van der Waals surface area contributed by atoms with E-state index in [1.807, 2.05) is 45.1 Å². The first-order chi connectivity index (χ1) is 20.5. The quantitative estimate of drug-likeness (QED) is 0.0950. The van der Waals surface area contributed by atoms with Crippen LogP contribution in [0.2, 0.25) is 0 Å². The van der Waals surface area contributed by atoms with Crippen molar-refractivity contribution in [3.8, 4) is 6.07 Å². The van der Waals surface area contributed by atoms with E-state index in [0.29, 0.717) is 37.8 Å². The smallest absolute Gasteiger partial charge is 0.251 e. The van der Waals surface area contributed by atoms with Crippen molar-refractivity contribution in [1.82, 2.24) is 26.4 Å². The minimum absolute atomic E-state index is 0.0786. The number of benzene rings is 1. The molecule has 3 amide bonds. The van der Waals surface area contributed by atoms with Gasteiger partial charge in [-0.25, -0.2) is 11.4 Å². The number of carbonyl (C=O) groups excluding carboxylic acids is 3. The number of amides is 3. The monoisotopic (exact) mass is 591 g/mol. The average Bonchev–Trinajstić information content (AvgIpc) is 3.44. The number of allylic oxidation sites excluding steroid dienone is 2. The molecule has 1 aliphatic heterocycles. The predicted octanol–water partition coefficient (Wildman–Crippen LogP) is 1.00. The zero-order valence-corrected chi connectivity index (χ0v) is 25.8. The van der Waals surface area contributed by atoms with E-state index >= 15 is 0 Å². The van der Waals surface area contributed by atoms with Crippen LogP contribution < -0.4 is 33.1 Å². The number of nitrogens with two attached hydrogens (primary N) is 2. The number of rotatable bonds is 11. The Hall–Kier alpha value is -4.21. The molecule has 4 atom stereocenters. The standard InChI is InChI=1S/C31H45N9O3/c1-19(28(42)35-4)8-11-26-20(2)13-24-14-22(29(43)36-5)9-10-23(24)16-31(26,30(33)38-39-34)15-21(3)37-18-27(41)40-12-6-7-25(40)17-32/h8-11,14,19,21,25,37,39H,6-7,12-13,15-16,18,34H2,1-5H3,(H2,33,38)(H,35,42)(H,36,43)/b11-8-/t19?,21?,25-,31?/m0/s1. The molecule has 1 heterocycles. The van der Waals surface area contributed by atoms with Crippen molar-refractivity contribution in [2.24, 2.45) is 28.0 Å². The van der Waals surface area contributed by atoms with Gasteiger partial charge < -0.3 is 26.6 Å². The number of hydrazone groups is 1. The van der Waals surface area contributed by atoms with Crippen molar-refractivity contribution >= 4 is 23.6 Å². The first kappa shape index (κ1) is 33.3. The Morgan fingerprint density at radius 1 is 1.23 bits per heavy atom. The minimum Gasteiger partial charge on any atom is -0.385 e. The highest BCUT2D eigenvalue weighted by Crippen LogP contribution is 2.44. The molecule has 1 aromatic rings. The zero-order chi connectivity index (χ0) is 31.7. The Kier molecular flexibility index (Phi) is 11.5. The second kappa shape index (κ2) is 14.8. The Morgan fingerprint density at radius 2 is 1.98 bits per heavy atom. The van der Waals surface area contributed by atoms with Crippen molar-refractivity contribution in [2.45, 2.75) is 65.0 Å². The van der Waals surface area contributed by atoms with E-state index in [1.54, 1.807) is 25.1 Å². The van der Waals surface area contributed by atoms with Crippen molar-refractivity contribution in [2.75, 3.05) is 27.2 Å². The average molecular weight is 592 g/mol. The molecule has 12 nitrogen and oxygen atoms in total. The molecule has 0 saturated carbocycles. The molecule has 3 unspecified atom stereocenters. The maximum atomic E-state index is 13.0. The van der Waals surface area contributed by atoms with E-state index in [2.05, 4.69) is 32.7 Å². The van der Waals surface area contributed by atoms with Crippen LogP contribution in [0.15, 0.2) is 46.6 Å². The van der Waals surface area contributed by atoms with Gasteiger partial charge in [0.15, 0.2) is 0 Å². The van der Waals surface area contributed by atoms with Crippen LogP contribution in [0.25, 0.3) is 0 Å². The summed E-state index contributed by atoms with van der Waals surface area (Å²) >= 11 is 0. The molecule has 0 bridgehead atoms. The van der Waals surface area contributed by atoms with Gasteiger partial charge in [-0.2, -0.15) is 10.4 Å². The summed E-state index contributed by atoms with van der Waals surface area (Å²) in [5.41, 5.74) is 12.7. The normalized spacial score (nSPS) is 21.9. The maximum Gasteiger partial charge on any atom is 0.251 e. The molecule has 1 aromatic carbocycles. The van der Waals surface area contributed by atoms with Crippen molar-refractivity contribution in [3.63, 3.8) is 0 Å². The number of nitrogens with zero attached hydrogens (tertiary/aromatic N) is 3. The van der Waals surface area contributed by atoms with Crippen molar-refractivity contribution < 1.29 is 14.4 Å². The molecule has 0 aromatic heterocycles. The number of fused-ring (bicyclic) bond motifs is 1. The predicted molar refractivity (Wildman–Crippen MR) is 166 cm³/mol. The molecule has 232 valence electrons. The highest BCUT2D eigenvalue weighted by molar-refractivity contribution is 5.95. The van der Waals surface area contributed by atoms with Gasteiger partial charge in [0, 0.05) is 32.2 Å². The highest BCUT2D eigenvalue weighted by Gasteiger charge is 2.42. The third-order valence-electron chi connectivity index (χ3n) is 8.48. The molecular weight excluding hydrogens is 546 g/mol. The topological polar surface area (TPSA) is 191 Å². The van der Waals surface area contributed by atoms with E-state index in [4.69, 9.17) is 11.6 Å². The Morgan fingerprint density at radius 3 is 2.63 bits per heavy atom. The summed E-state index contributed by atoms with van der Waals surface area (Å²) in [6.07, 6.45) is 6.75. The lowest BCUT2D eigenvalue weighted by Gasteiger charge is -2.37. The number of carbonyl (C=O) groups is 3. The van der Waals surface area contributed by atoms with Gasteiger partial charge in [-0.1, -0.05) is 30.7 Å². The van der Waals surface area contributed by atoms with Crippen molar-refractivity contribution in [3.05, 3.63) is 58.2 Å². The fourth-order valence-corrected chi connectivity index (χ4v) is 6.16. The molecule has 1 fully saturated rings. The Labute approximate surface area is 254 Å². The number of hydrazine groups is 1. The summed E-state index contributed by atoms with van der Waals surface area (Å²) in [5.74, 6) is 5.09. The Bertz CT molecular complexity index is 1350. The van der Waals surface area contributed by atoms with Gasteiger partial charge >= 0.3 is 0 Å². The van der Waals surface area contributed by atoms with Crippen molar-refractivity contribution in [1.29, 1.82) is 5.26 Å². The van der Waals surface area contributed by atoms with Crippen LogP contribution in [-0.2, 0) is 22.4 Å². The van der Waals surface area contributed by atoms with Crippen LogP contribution in [0.4, 0.5) is 0 Å². The van der Waals surface area contributed by atoms with Crippen LogP contribution in [0.5, 0.6) is 0 Å². The zero-order valence-electron chi connectivity index (χ0n) is 25.8. The molecule has 3 rings (SSSR count). The number of hydrogen-bond acceptors (Lipinski definition) is 8. The van der Waals surface area contributed by atoms with E-state index in [9.17, 15) is 19.6 Å². The molecule has 12 heteroatoms. The molecule has 8 N–H and O–H groups in total. The summed E-state index contributed by atoms with van der Waals surface area (Å²) in [5, 5.41) is 22.4. The van der Waals surface area contributed by atoms with Gasteiger partial charge in [0.1, 0.15) is 11.9 Å². The SMILES string of the molecule is CNC(=O)c1ccc2c(c1)CC(C)=C(/C=C\C(C)C(=O)NC)C(CC(C)NCC(=O)N1CCC[C@H]1C#N)(/C(N)=N/NN)C2. The largest absolute Gasteiger partial charge is 0.385 e. The van der Waals surface area contributed by atoms with Crippen LogP contribution in [0.3, 0.4) is 0 Å². The van der Waals surface area contributed by atoms with Gasteiger partial charge in [0.25, 0.3) is 5.91 Å². The summed E-state index contributed by atoms with van der Waals surface area (Å²) in [7, 11) is 3.20. The molecule has 1 saturated heterocycles.